The molecular formula is C49H30N2O. The van der Waals surface area contributed by atoms with Crippen molar-refractivity contribution < 1.29 is 0 Å². The normalized spacial score (nSPS) is 11.9. The topological polar surface area (TPSA) is 26.4 Å². The van der Waals surface area contributed by atoms with Crippen LogP contribution in [0.15, 0.2) is 187 Å². The third-order valence-corrected chi connectivity index (χ3v) is 10.9. The van der Waals surface area contributed by atoms with Crippen LogP contribution in [0, 0.1) is 0 Å². The van der Waals surface area contributed by atoms with Crippen molar-refractivity contribution in [1.82, 2.24) is 8.97 Å². The van der Waals surface area contributed by atoms with Gasteiger partial charge in [-0.15, -0.1) is 0 Å². The van der Waals surface area contributed by atoms with Gasteiger partial charge in [-0.3, -0.25) is 9.20 Å². The number of aromatic nitrogens is 2. The molecule has 0 N–H and O–H groups in total. The summed E-state index contributed by atoms with van der Waals surface area (Å²) in [7, 11) is 0. The highest BCUT2D eigenvalue weighted by molar-refractivity contribution is 6.20. The zero-order chi connectivity index (χ0) is 34.3. The van der Waals surface area contributed by atoms with Crippen LogP contribution in [0.25, 0.3) is 98.8 Å². The van der Waals surface area contributed by atoms with Gasteiger partial charge in [-0.2, -0.15) is 0 Å². The molecule has 11 aromatic rings. The minimum Gasteiger partial charge on any atom is -0.309 e. The molecule has 3 heteroatoms. The van der Waals surface area contributed by atoms with Crippen molar-refractivity contribution >= 4 is 59.8 Å². The van der Waals surface area contributed by atoms with E-state index in [0.717, 1.165) is 54.8 Å². The summed E-state index contributed by atoms with van der Waals surface area (Å²) in [6.07, 6.45) is 0. The van der Waals surface area contributed by atoms with E-state index in [1.165, 1.54) is 44.1 Å². The Hall–Kier alpha value is -6.97. The van der Waals surface area contributed by atoms with E-state index in [2.05, 4.69) is 168 Å². The summed E-state index contributed by atoms with van der Waals surface area (Å²) in [5.41, 5.74) is 12.4. The van der Waals surface area contributed by atoms with Crippen LogP contribution in [-0.4, -0.2) is 8.97 Å². The molecule has 3 heterocycles. The molecule has 0 fully saturated rings. The summed E-state index contributed by atoms with van der Waals surface area (Å²) in [6, 6.07) is 64.6. The van der Waals surface area contributed by atoms with Crippen LogP contribution in [0.2, 0.25) is 0 Å². The lowest BCUT2D eigenvalue weighted by Gasteiger charge is -2.11. The van der Waals surface area contributed by atoms with Crippen molar-refractivity contribution in [2.45, 2.75) is 0 Å². The molecule has 0 aliphatic rings. The largest absolute Gasteiger partial charge is 0.309 e. The second-order valence-corrected chi connectivity index (χ2v) is 13.7. The van der Waals surface area contributed by atoms with E-state index < -0.39 is 0 Å². The minimum absolute atomic E-state index is 0.0289. The fourth-order valence-corrected chi connectivity index (χ4v) is 8.45. The van der Waals surface area contributed by atoms with Crippen molar-refractivity contribution in [3.63, 3.8) is 0 Å². The first-order chi connectivity index (χ1) is 25.7. The van der Waals surface area contributed by atoms with Crippen molar-refractivity contribution in [2.75, 3.05) is 0 Å². The molecule has 52 heavy (non-hydrogen) atoms. The van der Waals surface area contributed by atoms with E-state index in [1.807, 2.05) is 22.6 Å². The van der Waals surface area contributed by atoms with E-state index in [0.29, 0.717) is 0 Å². The average Bonchev–Trinajstić information content (AvgIpc) is 3.73. The number of para-hydroxylation sites is 1. The van der Waals surface area contributed by atoms with Gasteiger partial charge in [0.05, 0.1) is 22.1 Å². The predicted octanol–water partition coefficient (Wildman–Crippen LogP) is 12.3. The Morgan fingerprint density at radius 3 is 1.38 bits per heavy atom. The van der Waals surface area contributed by atoms with E-state index in [4.69, 9.17) is 0 Å². The minimum atomic E-state index is 0.0289. The summed E-state index contributed by atoms with van der Waals surface area (Å²) >= 11 is 0. The molecule has 0 radical (unpaired) electrons. The van der Waals surface area contributed by atoms with Crippen LogP contribution in [-0.2, 0) is 0 Å². The standard InChI is InChI=1S/C49H30N2O/c52-49-41-18-8-7-17-38(41)39-19-10-20-40-42-30-36(23-26-47(42)51(49)48(39)40)33-15-9-16-37(27-33)50-45-24-21-34(31-11-3-1-4-12-31)28-43(45)44-29-35(22-25-46(44)50)32-13-5-2-6-14-32/h1-30H. The molecule has 0 aliphatic carbocycles. The van der Waals surface area contributed by atoms with Crippen molar-refractivity contribution in [1.29, 1.82) is 0 Å². The Labute approximate surface area is 299 Å². The van der Waals surface area contributed by atoms with Crippen LogP contribution in [0.4, 0.5) is 0 Å². The molecule has 0 aliphatic heterocycles. The fraction of sp³-hybridized carbons (Fsp3) is 0. The van der Waals surface area contributed by atoms with E-state index in [9.17, 15) is 4.79 Å². The molecule has 8 aromatic carbocycles. The van der Waals surface area contributed by atoms with Crippen LogP contribution < -0.4 is 5.56 Å². The number of hydrogen-bond acceptors (Lipinski definition) is 1. The maximum atomic E-state index is 13.9. The van der Waals surface area contributed by atoms with Gasteiger partial charge in [0.15, 0.2) is 0 Å². The molecule has 0 saturated carbocycles. The number of hydrogen-bond donors (Lipinski definition) is 0. The molecule has 0 spiro atoms. The highest BCUT2D eigenvalue weighted by Gasteiger charge is 2.19. The Kier molecular flexibility index (Phi) is 6.11. The molecule has 0 atom stereocenters. The van der Waals surface area contributed by atoms with Gasteiger partial charge in [0, 0.05) is 38.0 Å². The lowest BCUT2D eigenvalue weighted by Crippen LogP contribution is -2.12. The van der Waals surface area contributed by atoms with Crippen LogP contribution in [0.1, 0.15) is 0 Å². The van der Waals surface area contributed by atoms with Gasteiger partial charge < -0.3 is 4.57 Å². The zero-order valence-corrected chi connectivity index (χ0v) is 28.1. The lowest BCUT2D eigenvalue weighted by atomic mass is 10.0. The molecule has 242 valence electrons. The smallest absolute Gasteiger partial charge is 0.263 e. The Balaban J connectivity index is 1.12. The summed E-state index contributed by atoms with van der Waals surface area (Å²) in [5, 5.41) is 7.47. The van der Waals surface area contributed by atoms with Gasteiger partial charge in [-0.1, -0.05) is 127 Å². The van der Waals surface area contributed by atoms with Gasteiger partial charge in [-0.05, 0) is 93.4 Å². The zero-order valence-electron chi connectivity index (χ0n) is 28.1. The summed E-state index contributed by atoms with van der Waals surface area (Å²) in [6.45, 7) is 0. The Bertz CT molecular complexity index is 3150. The third-order valence-electron chi connectivity index (χ3n) is 10.9. The van der Waals surface area contributed by atoms with Gasteiger partial charge >= 0.3 is 0 Å². The number of nitrogens with zero attached hydrogens (tertiary/aromatic N) is 2. The first kappa shape index (κ1) is 28.8. The molecule has 11 rings (SSSR count). The molecule has 3 nitrogen and oxygen atoms in total. The Morgan fingerprint density at radius 2 is 0.750 bits per heavy atom. The monoisotopic (exact) mass is 662 g/mol. The number of rotatable bonds is 4. The van der Waals surface area contributed by atoms with Crippen molar-refractivity contribution in [3.8, 4) is 39.1 Å². The lowest BCUT2D eigenvalue weighted by molar-refractivity contribution is 1.18. The molecule has 0 unspecified atom stereocenters. The summed E-state index contributed by atoms with van der Waals surface area (Å²) in [4.78, 5) is 13.9. The first-order valence-corrected chi connectivity index (χ1v) is 17.7. The van der Waals surface area contributed by atoms with Gasteiger partial charge in [-0.25, -0.2) is 0 Å². The quantitative estimate of drug-likeness (QED) is 0.172. The van der Waals surface area contributed by atoms with Crippen LogP contribution >= 0.6 is 0 Å². The van der Waals surface area contributed by atoms with Crippen molar-refractivity contribution in [2.24, 2.45) is 0 Å². The second kappa shape index (κ2) is 11.0. The predicted molar refractivity (Wildman–Crippen MR) is 218 cm³/mol. The SMILES string of the molecule is O=c1c2ccccc2c2cccc3c4cc(-c5cccc(-n6c7ccc(-c8ccccc8)cc7c7cc(-c8ccccc8)ccc76)c5)ccc4n1c23. The summed E-state index contributed by atoms with van der Waals surface area (Å²) in [5.74, 6) is 0. The second-order valence-electron chi connectivity index (χ2n) is 13.7. The highest BCUT2D eigenvalue weighted by Crippen LogP contribution is 2.39. The van der Waals surface area contributed by atoms with E-state index in [1.54, 1.807) is 0 Å². The van der Waals surface area contributed by atoms with E-state index in [-0.39, 0.29) is 5.56 Å². The number of fused-ring (bicyclic) bond motifs is 8. The third kappa shape index (κ3) is 4.17. The molecule has 0 saturated heterocycles. The van der Waals surface area contributed by atoms with Gasteiger partial charge in [0.2, 0.25) is 0 Å². The molecule has 3 aromatic heterocycles. The van der Waals surface area contributed by atoms with Gasteiger partial charge in [0.1, 0.15) is 0 Å². The van der Waals surface area contributed by atoms with Crippen LogP contribution in [0.5, 0.6) is 0 Å². The maximum absolute atomic E-state index is 13.9. The van der Waals surface area contributed by atoms with Crippen LogP contribution in [0.3, 0.4) is 0 Å². The van der Waals surface area contributed by atoms with E-state index >= 15 is 0 Å². The number of benzene rings is 8. The molecular weight excluding hydrogens is 633 g/mol. The Morgan fingerprint density at radius 1 is 0.308 bits per heavy atom. The number of pyridine rings is 1. The average molecular weight is 663 g/mol. The van der Waals surface area contributed by atoms with Crippen molar-refractivity contribution in [3.05, 3.63) is 192 Å². The first-order valence-electron chi connectivity index (χ1n) is 17.7. The maximum Gasteiger partial charge on any atom is 0.263 e. The van der Waals surface area contributed by atoms with Gasteiger partial charge in [0.25, 0.3) is 5.56 Å². The summed E-state index contributed by atoms with van der Waals surface area (Å²) < 4.78 is 4.31. The highest BCUT2D eigenvalue weighted by atomic mass is 16.1. The molecule has 0 amide bonds. The molecule has 0 bridgehead atoms. The fourth-order valence-electron chi connectivity index (χ4n) is 8.45.